The largest absolute Gasteiger partial charge is 0.480 e. The number of carbonyl (C=O) groups is 2. The molecule has 0 unspecified atom stereocenters. The second-order valence-corrected chi connectivity index (χ2v) is 6.53. The normalized spacial score (nSPS) is 20.2. The summed E-state index contributed by atoms with van der Waals surface area (Å²) in [6, 6.07) is 9.88. The molecule has 1 fully saturated rings. The molecule has 2 heterocycles. The third-order valence-electron chi connectivity index (χ3n) is 4.64. The summed E-state index contributed by atoms with van der Waals surface area (Å²) in [4.78, 5) is 23.1. The first-order valence-corrected chi connectivity index (χ1v) is 8.80. The van der Waals surface area contributed by atoms with E-state index in [1.165, 1.54) is 0 Å². The minimum atomic E-state index is -1.02. The Morgan fingerprint density at radius 2 is 2.19 bits per heavy atom. The molecule has 0 bridgehead atoms. The van der Waals surface area contributed by atoms with Crippen LogP contribution in [0.1, 0.15) is 18.5 Å². The highest BCUT2D eigenvalue weighted by atomic mass is 16.5. The Labute approximate surface area is 151 Å². The Hall–Kier alpha value is -2.38. The van der Waals surface area contributed by atoms with Gasteiger partial charge in [0.25, 0.3) is 0 Å². The molecule has 2 N–H and O–H groups in total. The number of hydrogen-bond donors (Lipinski definition) is 2. The van der Waals surface area contributed by atoms with Crippen LogP contribution < -0.4 is 5.32 Å². The first kappa shape index (κ1) is 18.4. The first-order valence-electron chi connectivity index (χ1n) is 8.80. The van der Waals surface area contributed by atoms with Crippen LogP contribution in [0.2, 0.25) is 0 Å². The van der Waals surface area contributed by atoms with Crippen LogP contribution in [0, 0.1) is 6.92 Å². The summed E-state index contributed by atoms with van der Waals surface area (Å²) in [6.07, 6.45) is 0.569. The molecule has 1 aromatic heterocycles. The lowest BCUT2D eigenvalue weighted by molar-refractivity contribution is -0.148. The number of aliphatic carboxylic acids is 1. The molecule has 1 aliphatic heterocycles. The van der Waals surface area contributed by atoms with Gasteiger partial charge in [0, 0.05) is 30.8 Å². The lowest BCUT2D eigenvalue weighted by atomic mass is 10.1. The number of hydrogen-bond acceptors (Lipinski definition) is 4. The molecule has 1 aromatic carbocycles. The summed E-state index contributed by atoms with van der Waals surface area (Å²) in [5.74, 6) is -1.11. The van der Waals surface area contributed by atoms with E-state index in [1.807, 2.05) is 25.1 Å². The van der Waals surface area contributed by atoms with Gasteiger partial charge in [0.1, 0.15) is 6.61 Å². The highest BCUT2D eigenvalue weighted by Gasteiger charge is 2.28. The number of fused-ring (bicyclic) bond motifs is 1. The van der Waals surface area contributed by atoms with Gasteiger partial charge in [-0.15, -0.1) is 0 Å². The summed E-state index contributed by atoms with van der Waals surface area (Å²) in [6.45, 7) is 3.08. The average molecular weight is 360 g/mol. The van der Waals surface area contributed by atoms with Crippen LogP contribution in [0.4, 0.5) is 0 Å². The van der Waals surface area contributed by atoms with Gasteiger partial charge >= 0.3 is 5.97 Å². The SMILES string of the molecule is Cc1cc2ccccc2n1CCC(=O)N[C@@H]1COCC[C@@H]1OCC(=O)O. The lowest BCUT2D eigenvalue weighted by Gasteiger charge is -2.31. The van der Waals surface area contributed by atoms with Gasteiger partial charge in [-0.25, -0.2) is 4.79 Å². The number of para-hydroxylation sites is 1. The molecule has 2 aromatic rings. The van der Waals surface area contributed by atoms with Gasteiger partial charge in [0.2, 0.25) is 5.91 Å². The number of carboxylic acid groups (broad SMARTS) is 1. The summed E-state index contributed by atoms with van der Waals surface area (Å²) in [7, 11) is 0. The number of rotatable bonds is 7. The Bertz CT molecular complexity index is 785. The zero-order chi connectivity index (χ0) is 18.5. The van der Waals surface area contributed by atoms with Crippen LogP contribution in [-0.2, 0) is 25.6 Å². The maximum atomic E-state index is 12.4. The number of benzene rings is 1. The first-order chi connectivity index (χ1) is 12.5. The van der Waals surface area contributed by atoms with E-state index in [0.29, 0.717) is 32.6 Å². The van der Waals surface area contributed by atoms with E-state index in [1.54, 1.807) is 0 Å². The summed E-state index contributed by atoms with van der Waals surface area (Å²) in [5.41, 5.74) is 2.23. The van der Waals surface area contributed by atoms with Crippen molar-refractivity contribution in [1.29, 1.82) is 0 Å². The molecule has 140 valence electrons. The molecule has 3 rings (SSSR count). The molecule has 1 saturated heterocycles. The summed E-state index contributed by atoms with van der Waals surface area (Å²) < 4.78 is 12.9. The van der Waals surface area contributed by atoms with Crippen molar-refractivity contribution in [2.24, 2.45) is 0 Å². The summed E-state index contributed by atoms with van der Waals surface area (Å²) >= 11 is 0. The predicted molar refractivity (Wildman–Crippen MR) is 96.0 cm³/mol. The number of carbonyl (C=O) groups excluding carboxylic acids is 1. The monoisotopic (exact) mass is 360 g/mol. The highest BCUT2D eigenvalue weighted by Crippen LogP contribution is 2.19. The van der Waals surface area contributed by atoms with Crippen molar-refractivity contribution in [2.45, 2.75) is 38.5 Å². The van der Waals surface area contributed by atoms with Gasteiger partial charge < -0.3 is 24.5 Å². The quantitative estimate of drug-likeness (QED) is 0.785. The lowest BCUT2D eigenvalue weighted by Crippen LogP contribution is -2.51. The number of carboxylic acids is 1. The maximum Gasteiger partial charge on any atom is 0.329 e. The van der Waals surface area contributed by atoms with Crippen molar-refractivity contribution in [2.75, 3.05) is 19.8 Å². The van der Waals surface area contributed by atoms with Gasteiger partial charge in [-0.1, -0.05) is 18.2 Å². The van der Waals surface area contributed by atoms with Crippen LogP contribution in [0.3, 0.4) is 0 Å². The Balaban J connectivity index is 1.57. The number of aryl methyl sites for hydroxylation is 2. The van der Waals surface area contributed by atoms with Gasteiger partial charge in [-0.2, -0.15) is 0 Å². The second-order valence-electron chi connectivity index (χ2n) is 6.53. The van der Waals surface area contributed by atoms with Gasteiger partial charge in [-0.3, -0.25) is 4.79 Å². The van der Waals surface area contributed by atoms with E-state index < -0.39 is 5.97 Å². The van der Waals surface area contributed by atoms with Crippen molar-refractivity contribution in [1.82, 2.24) is 9.88 Å². The fourth-order valence-electron chi connectivity index (χ4n) is 3.37. The smallest absolute Gasteiger partial charge is 0.329 e. The van der Waals surface area contributed by atoms with E-state index >= 15 is 0 Å². The topological polar surface area (TPSA) is 89.8 Å². The molecule has 26 heavy (non-hydrogen) atoms. The molecule has 0 saturated carbocycles. The number of aromatic nitrogens is 1. The molecule has 1 aliphatic rings. The number of ether oxygens (including phenoxy) is 2. The zero-order valence-electron chi connectivity index (χ0n) is 14.8. The van der Waals surface area contributed by atoms with Crippen LogP contribution >= 0.6 is 0 Å². The molecule has 7 heteroatoms. The van der Waals surface area contributed by atoms with Gasteiger partial charge in [0.15, 0.2) is 0 Å². The van der Waals surface area contributed by atoms with E-state index in [2.05, 4.69) is 22.0 Å². The molecule has 0 spiro atoms. The van der Waals surface area contributed by atoms with Crippen molar-refractivity contribution in [3.8, 4) is 0 Å². The third kappa shape index (κ3) is 4.42. The molecule has 2 atom stereocenters. The van der Waals surface area contributed by atoms with Crippen molar-refractivity contribution < 1.29 is 24.2 Å². The fraction of sp³-hybridized carbons (Fsp3) is 0.474. The fourth-order valence-corrected chi connectivity index (χ4v) is 3.37. The third-order valence-corrected chi connectivity index (χ3v) is 4.64. The van der Waals surface area contributed by atoms with Gasteiger partial charge in [0.05, 0.1) is 18.8 Å². The van der Waals surface area contributed by atoms with Gasteiger partial charge in [-0.05, 0) is 30.9 Å². The maximum absolute atomic E-state index is 12.4. The molecule has 0 aliphatic carbocycles. The summed E-state index contributed by atoms with van der Waals surface area (Å²) in [5, 5.41) is 12.9. The van der Waals surface area contributed by atoms with Crippen LogP contribution in [0.5, 0.6) is 0 Å². The predicted octanol–water partition coefficient (Wildman–Crippen LogP) is 1.71. The molecule has 7 nitrogen and oxygen atoms in total. The van der Waals surface area contributed by atoms with E-state index in [0.717, 1.165) is 16.6 Å². The number of nitrogens with one attached hydrogen (secondary N) is 1. The standard InChI is InChI=1S/C19H24N2O5/c1-13-10-14-4-2-3-5-16(14)21(13)8-6-18(22)20-15-11-25-9-7-17(15)26-12-19(23)24/h2-5,10,15,17H,6-9,11-12H2,1H3,(H,20,22)(H,23,24)/t15-,17+/m1/s1. The molecular weight excluding hydrogens is 336 g/mol. The van der Waals surface area contributed by atoms with Crippen LogP contribution in [-0.4, -0.2) is 53.5 Å². The van der Waals surface area contributed by atoms with Crippen LogP contribution in [0.15, 0.2) is 30.3 Å². The minimum Gasteiger partial charge on any atom is -0.480 e. The molecular formula is C19H24N2O5. The van der Waals surface area contributed by atoms with Crippen molar-refractivity contribution in [3.05, 3.63) is 36.0 Å². The van der Waals surface area contributed by atoms with Crippen molar-refractivity contribution in [3.63, 3.8) is 0 Å². The highest BCUT2D eigenvalue weighted by molar-refractivity contribution is 5.82. The van der Waals surface area contributed by atoms with Crippen LogP contribution in [0.25, 0.3) is 10.9 Å². The Morgan fingerprint density at radius 1 is 1.38 bits per heavy atom. The zero-order valence-corrected chi connectivity index (χ0v) is 14.8. The second kappa shape index (κ2) is 8.33. The number of amides is 1. The average Bonchev–Trinajstić information content (AvgIpc) is 2.94. The molecule has 0 radical (unpaired) electrons. The van der Waals surface area contributed by atoms with E-state index in [9.17, 15) is 9.59 Å². The Morgan fingerprint density at radius 3 is 3.00 bits per heavy atom. The van der Waals surface area contributed by atoms with E-state index in [-0.39, 0.29) is 24.7 Å². The minimum absolute atomic E-state index is 0.0957. The Kier molecular flexibility index (Phi) is 5.90. The molecule has 1 amide bonds. The van der Waals surface area contributed by atoms with E-state index in [4.69, 9.17) is 14.6 Å². The van der Waals surface area contributed by atoms with Crippen molar-refractivity contribution >= 4 is 22.8 Å². The number of nitrogens with zero attached hydrogens (tertiary/aromatic N) is 1.